The van der Waals surface area contributed by atoms with Crippen molar-refractivity contribution < 1.29 is 4.74 Å². The van der Waals surface area contributed by atoms with Crippen molar-refractivity contribution in [2.75, 3.05) is 0 Å². The third kappa shape index (κ3) is 1.40. The van der Waals surface area contributed by atoms with Crippen LogP contribution >= 0.6 is 0 Å². The number of ether oxygens (including phenoxy) is 1. The van der Waals surface area contributed by atoms with E-state index in [2.05, 4.69) is 19.1 Å². The van der Waals surface area contributed by atoms with E-state index in [0.29, 0.717) is 0 Å². The van der Waals surface area contributed by atoms with E-state index in [9.17, 15) is 0 Å². The van der Waals surface area contributed by atoms with Crippen LogP contribution in [0.15, 0.2) is 36.4 Å². The molecule has 1 heteroatoms. The summed E-state index contributed by atoms with van der Waals surface area (Å²) in [5.74, 6) is 1.92. The number of hydrogen-bond donors (Lipinski definition) is 0. The molecule has 0 fully saturated rings. The first-order chi connectivity index (χ1) is 7.33. The van der Waals surface area contributed by atoms with Crippen LogP contribution in [0.1, 0.15) is 16.7 Å². The minimum atomic E-state index is 0.924. The van der Waals surface area contributed by atoms with Gasteiger partial charge in [0.15, 0.2) is 0 Å². The Hall–Kier alpha value is -1.76. The van der Waals surface area contributed by atoms with Crippen LogP contribution in [0, 0.1) is 13.0 Å². The molecule has 15 heavy (non-hydrogen) atoms. The number of para-hydroxylation sites is 1. The molecule has 3 rings (SSSR count). The Morgan fingerprint density at radius 3 is 2.87 bits per heavy atom. The summed E-state index contributed by atoms with van der Waals surface area (Å²) in [4.78, 5) is 0. The van der Waals surface area contributed by atoms with Gasteiger partial charge in [0.05, 0.1) is 0 Å². The maximum atomic E-state index is 5.80. The van der Waals surface area contributed by atoms with Crippen LogP contribution in [0.3, 0.4) is 0 Å². The van der Waals surface area contributed by atoms with E-state index in [1.807, 2.05) is 30.3 Å². The minimum absolute atomic E-state index is 0.924. The normalized spacial score (nSPS) is 12.6. The summed E-state index contributed by atoms with van der Waals surface area (Å²) in [5.41, 5.74) is 3.57. The van der Waals surface area contributed by atoms with Crippen LogP contribution in [0.4, 0.5) is 0 Å². The molecule has 0 atom stereocenters. The van der Waals surface area contributed by atoms with Crippen molar-refractivity contribution in [1.82, 2.24) is 0 Å². The fourth-order valence-corrected chi connectivity index (χ4v) is 1.93. The second-order valence-electron chi connectivity index (χ2n) is 3.87. The fraction of sp³-hybridized carbons (Fsp3) is 0.143. The summed E-state index contributed by atoms with van der Waals surface area (Å²) in [7, 11) is 0. The number of rotatable bonds is 0. The van der Waals surface area contributed by atoms with Crippen LogP contribution in [-0.4, -0.2) is 0 Å². The Balaban J connectivity index is 2.11. The average Bonchev–Trinajstić information content (AvgIpc) is 2.26. The smallest absolute Gasteiger partial charge is 0.131 e. The van der Waals surface area contributed by atoms with E-state index in [1.165, 1.54) is 5.56 Å². The lowest BCUT2D eigenvalue weighted by Gasteiger charge is -2.19. The number of hydrogen-bond acceptors (Lipinski definition) is 1. The zero-order valence-electron chi connectivity index (χ0n) is 8.58. The highest BCUT2D eigenvalue weighted by molar-refractivity contribution is 5.49. The molecule has 1 aliphatic heterocycles. The van der Waals surface area contributed by atoms with Gasteiger partial charge < -0.3 is 4.74 Å². The molecule has 1 radical (unpaired) electrons. The Kier molecular flexibility index (Phi) is 1.78. The van der Waals surface area contributed by atoms with Crippen LogP contribution < -0.4 is 4.74 Å². The molecule has 0 saturated carbocycles. The van der Waals surface area contributed by atoms with Crippen molar-refractivity contribution in [3.8, 4) is 11.5 Å². The van der Waals surface area contributed by atoms with Gasteiger partial charge >= 0.3 is 0 Å². The van der Waals surface area contributed by atoms with Gasteiger partial charge in [-0.2, -0.15) is 0 Å². The lowest BCUT2D eigenvalue weighted by molar-refractivity contribution is 0.459. The largest absolute Gasteiger partial charge is 0.457 e. The molecule has 1 nitrogen and oxygen atoms in total. The lowest BCUT2D eigenvalue weighted by Crippen LogP contribution is -2.02. The van der Waals surface area contributed by atoms with Gasteiger partial charge in [0.25, 0.3) is 0 Å². The maximum Gasteiger partial charge on any atom is 0.131 e. The molecule has 0 unspecified atom stereocenters. The number of benzene rings is 2. The molecule has 1 heterocycles. The number of aryl methyl sites for hydroxylation is 1. The van der Waals surface area contributed by atoms with E-state index in [0.717, 1.165) is 29.0 Å². The second-order valence-corrected chi connectivity index (χ2v) is 3.87. The first-order valence-electron chi connectivity index (χ1n) is 5.10. The Bertz CT molecular complexity index is 514. The summed E-state index contributed by atoms with van der Waals surface area (Å²) in [5, 5.41) is 0. The highest BCUT2D eigenvalue weighted by atomic mass is 16.5. The van der Waals surface area contributed by atoms with E-state index in [4.69, 9.17) is 4.74 Å². The molecule has 0 amide bonds. The molecular formula is C14H11O. The zero-order chi connectivity index (χ0) is 10.3. The van der Waals surface area contributed by atoms with Crippen molar-refractivity contribution in [2.45, 2.75) is 13.3 Å². The van der Waals surface area contributed by atoms with E-state index in [1.54, 1.807) is 0 Å². The monoisotopic (exact) mass is 195 g/mol. The first kappa shape index (κ1) is 8.54. The molecule has 0 saturated heterocycles. The van der Waals surface area contributed by atoms with Gasteiger partial charge in [0, 0.05) is 12.0 Å². The molecule has 0 aromatic heterocycles. The van der Waals surface area contributed by atoms with Gasteiger partial charge in [-0.3, -0.25) is 0 Å². The molecule has 73 valence electrons. The summed E-state index contributed by atoms with van der Waals surface area (Å²) in [6.07, 6.45) is 0.924. The van der Waals surface area contributed by atoms with Gasteiger partial charge in [0.1, 0.15) is 11.5 Å². The van der Waals surface area contributed by atoms with Crippen molar-refractivity contribution in [3.05, 3.63) is 59.2 Å². The first-order valence-corrected chi connectivity index (χ1v) is 5.10. The minimum Gasteiger partial charge on any atom is -0.457 e. The molecule has 2 aromatic rings. The third-order valence-electron chi connectivity index (χ3n) is 2.69. The standard InChI is InChI=1S/C14H11O/c1-10-6-7-14-12(8-10)9-11-4-2-3-5-13(11)15-14/h2-7H,9H2,1H3. The summed E-state index contributed by atoms with van der Waals surface area (Å²) in [6, 6.07) is 15.6. The van der Waals surface area contributed by atoms with Crippen molar-refractivity contribution >= 4 is 0 Å². The molecular weight excluding hydrogens is 184 g/mol. The third-order valence-corrected chi connectivity index (χ3v) is 2.69. The molecule has 0 bridgehead atoms. The van der Waals surface area contributed by atoms with Crippen LogP contribution in [0.5, 0.6) is 11.5 Å². The van der Waals surface area contributed by atoms with E-state index >= 15 is 0 Å². The summed E-state index contributed by atoms with van der Waals surface area (Å²) < 4.78 is 5.80. The van der Waals surface area contributed by atoms with Crippen LogP contribution in [-0.2, 0) is 6.42 Å². The quantitative estimate of drug-likeness (QED) is 0.533. The van der Waals surface area contributed by atoms with E-state index in [-0.39, 0.29) is 0 Å². The highest BCUT2D eigenvalue weighted by Crippen LogP contribution is 2.35. The van der Waals surface area contributed by atoms with Gasteiger partial charge in [-0.25, -0.2) is 0 Å². The Morgan fingerprint density at radius 2 is 1.93 bits per heavy atom. The molecule has 0 spiro atoms. The summed E-state index contributed by atoms with van der Waals surface area (Å²) in [6.45, 7) is 2.06. The van der Waals surface area contributed by atoms with Crippen molar-refractivity contribution in [1.29, 1.82) is 0 Å². The predicted octanol–water partition coefficient (Wildman–Crippen LogP) is 3.49. The highest BCUT2D eigenvalue weighted by Gasteiger charge is 2.15. The Morgan fingerprint density at radius 1 is 1.07 bits per heavy atom. The fourth-order valence-electron chi connectivity index (χ4n) is 1.93. The van der Waals surface area contributed by atoms with Crippen molar-refractivity contribution in [2.24, 2.45) is 0 Å². The second kappa shape index (κ2) is 3.13. The molecule has 1 aliphatic rings. The van der Waals surface area contributed by atoms with Gasteiger partial charge in [-0.1, -0.05) is 24.3 Å². The van der Waals surface area contributed by atoms with Gasteiger partial charge in [0.2, 0.25) is 0 Å². The average molecular weight is 195 g/mol. The Labute approximate surface area is 89.3 Å². The van der Waals surface area contributed by atoms with Crippen molar-refractivity contribution in [3.63, 3.8) is 0 Å². The van der Waals surface area contributed by atoms with Crippen LogP contribution in [0.2, 0.25) is 0 Å². The number of fused-ring (bicyclic) bond motifs is 2. The molecule has 2 aromatic carbocycles. The molecule has 0 aliphatic carbocycles. The summed E-state index contributed by atoms with van der Waals surface area (Å²) >= 11 is 0. The van der Waals surface area contributed by atoms with Gasteiger partial charge in [-0.05, 0) is 36.2 Å². The zero-order valence-corrected chi connectivity index (χ0v) is 8.58. The van der Waals surface area contributed by atoms with Gasteiger partial charge in [-0.15, -0.1) is 0 Å². The topological polar surface area (TPSA) is 9.23 Å². The SMILES string of the molecule is Cc1[c]c2c(cc1)Oc1ccccc1C2. The lowest BCUT2D eigenvalue weighted by atomic mass is 9.99. The maximum absolute atomic E-state index is 5.80. The molecule has 0 N–H and O–H groups in total. The predicted molar refractivity (Wildman–Crippen MR) is 59.3 cm³/mol. The van der Waals surface area contributed by atoms with E-state index < -0.39 is 0 Å². The van der Waals surface area contributed by atoms with Crippen LogP contribution in [0.25, 0.3) is 0 Å².